The summed E-state index contributed by atoms with van der Waals surface area (Å²) in [4.78, 5) is 35.9. The molecule has 1 heterocycles. The van der Waals surface area contributed by atoms with Crippen molar-refractivity contribution in [3.8, 4) is 5.75 Å². The summed E-state index contributed by atoms with van der Waals surface area (Å²) in [5.74, 6) is -1.74. The van der Waals surface area contributed by atoms with E-state index in [4.69, 9.17) is 38.4 Å². The van der Waals surface area contributed by atoms with E-state index in [2.05, 4.69) is 5.32 Å². The lowest BCUT2D eigenvalue weighted by molar-refractivity contribution is -0.119. The molecule has 0 saturated carbocycles. The molecule has 0 atom stereocenters. The molecule has 0 spiro atoms. The van der Waals surface area contributed by atoms with Crippen molar-refractivity contribution in [2.24, 2.45) is 5.73 Å². The number of esters is 1. The van der Waals surface area contributed by atoms with Gasteiger partial charge in [-0.05, 0) is 35.7 Å². The summed E-state index contributed by atoms with van der Waals surface area (Å²) in [6, 6.07) is 13.0. The van der Waals surface area contributed by atoms with E-state index in [1.54, 1.807) is 41.8 Å². The summed E-state index contributed by atoms with van der Waals surface area (Å²) in [6.07, 6.45) is 0. The third kappa shape index (κ3) is 5.97. The number of primary amides is 1. The van der Waals surface area contributed by atoms with Crippen molar-refractivity contribution in [2.75, 3.05) is 11.9 Å². The summed E-state index contributed by atoms with van der Waals surface area (Å²) in [5.41, 5.74) is 6.26. The highest BCUT2D eigenvalue weighted by Crippen LogP contribution is 2.25. The number of nitrogens with two attached hydrogens (primary N) is 1. The molecule has 0 aliphatic heterocycles. The second kappa shape index (κ2) is 10.3. The van der Waals surface area contributed by atoms with Crippen molar-refractivity contribution >= 4 is 57.3 Å². The maximum atomic E-state index is 12.5. The first kappa shape index (κ1) is 22.6. The summed E-state index contributed by atoms with van der Waals surface area (Å²) < 4.78 is 10.8. The Morgan fingerprint density at radius 1 is 1.03 bits per heavy atom. The Morgan fingerprint density at radius 2 is 1.81 bits per heavy atom. The summed E-state index contributed by atoms with van der Waals surface area (Å²) >= 11 is 13.2. The molecule has 2 aromatic carbocycles. The number of hydrogen-bond acceptors (Lipinski definition) is 6. The van der Waals surface area contributed by atoms with E-state index in [-0.39, 0.29) is 28.5 Å². The Morgan fingerprint density at radius 3 is 2.55 bits per heavy atom. The molecule has 3 rings (SSSR count). The van der Waals surface area contributed by atoms with E-state index >= 15 is 0 Å². The predicted octanol–water partition coefficient (Wildman–Crippen LogP) is 4.53. The van der Waals surface area contributed by atoms with E-state index in [9.17, 15) is 14.4 Å². The van der Waals surface area contributed by atoms with Gasteiger partial charge in [-0.15, -0.1) is 11.3 Å². The number of amides is 2. The van der Waals surface area contributed by atoms with Gasteiger partial charge in [-0.1, -0.05) is 41.4 Å². The van der Waals surface area contributed by atoms with Crippen LogP contribution in [0.1, 0.15) is 26.3 Å². The molecule has 2 amide bonds. The van der Waals surface area contributed by atoms with Crippen LogP contribution in [0.3, 0.4) is 0 Å². The second-order valence-electron chi connectivity index (χ2n) is 6.17. The van der Waals surface area contributed by atoms with Crippen LogP contribution in [0.2, 0.25) is 10.0 Å². The quantitative estimate of drug-likeness (QED) is 0.462. The number of nitrogens with one attached hydrogen (secondary N) is 1. The van der Waals surface area contributed by atoms with Crippen LogP contribution in [0.5, 0.6) is 5.75 Å². The van der Waals surface area contributed by atoms with Crippen LogP contribution in [0.4, 0.5) is 5.00 Å². The van der Waals surface area contributed by atoms with Crippen LogP contribution >= 0.6 is 34.5 Å². The highest BCUT2D eigenvalue weighted by Gasteiger charge is 2.17. The number of benzene rings is 2. The van der Waals surface area contributed by atoms with Crippen LogP contribution < -0.4 is 15.8 Å². The maximum absolute atomic E-state index is 12.5. The number of ether oxygens (including phenoxy) is 2. The summed E-state index contributed by atoms with van der Waals surface area (Å²) in [5, 5.41) is 5.34. The van der Waals surface area contributed by atoms with E-state index < -0.39 is 24.4 Å². The molecular formula is C21H16Cl2N2O5S. The molecule has 0 saturated heterocycles. The second-order valence-corrected chi connectivity index (χ2v) is 7.93. The van der Waals surface area contributed by atoms with Crippen molar-refractivity contribution in [3.63, 3.8) is 0 Å². The standard InChI is InChI=1S/C21H16Cl2N2O5S/c22-13-6-5-12(16(23)9-13)10-29-17-4-2-1-3-14(17)21(28)30-11-18(26)25-20-15(19(24)27)7-8-31-20/h1-9H,10-11H2,(H2,24,27)(H,25,26). The zero-order valence-electron chi connectivity index (χ0n) is 15.9. The van der Waals surface area contributed by atoms with Gasteiger partial charge in [0.05, 0.1) is 5.56 Å². The zero-order valence-corrected chi connectivity index (χ0v) is 18.2. The first-order valence-corrected chi connectivity index (χ1v) is 10.5. The molecule has 3 N–H and O–H groups in total. The summed E-state index contributed by atoms with van der Waals surface area (Å²) in [7, 11) is 0. The Balaban J connectivity index is 1.61. The number of para-hydroxylation sites is 1. The Hall–Kier alpha value is -3.07. The van der Waals surface area contributed by atoms with Crippen LogP contribution in [0, 0.1) is 0 Å². The Labute approximate surface area is 191 Å². The lowest BCUT2D eigenvalue weighted by Crippen LogP contribution is -2.22. The lowest BCUT2D eigenvalue weighted by Gasteiger charge is -2.12. The van der Waals surface area contributed by atoms with Gasteiger partial charge in [-0.3, -0.25) is 9.59 Å². The van der Waals surface area contributed by atoms with E-state index in [1.165, 1.54) is 12.1 Å². The molecule has 0 bridgehead atoms. The normalized spacial score (nSPS) is 10.4. The minimum absolute atomic E-state index is 0.106. The number of thiophene rings is 1. The molecule has 0 fully saturated rings. The molecule has 0 aliphatic carbocycles. The molecule has 160 valence electrons. The minimum atomic E-state index is -0.741. The largest absolute Gasteiger partial charge is 0.488 e. The number of hydrogen-bond donors (Lipinski definition) is 2. The fourth-order valence-electron chi connectivity index (χ4n) is 2.53. The van der Waals surface area contributed by atoms with E-state index in [1.807, 2.05) is 0 Å². The lowest BCUT2D eigenvalue weighted by atomic mass is 10.2. The summed E-state index contributed by atoms with van der Waals surface area (Å²) in [6.45, 7) is -0.443. The number of anilines is 1. The van der Waals surface area contributed by atoms with Crippen LogP contribution in [-0.2, 0) is 16.1 Å². The molecule has 0 radical (unpaired) electrons. The van der Waals surface area contributed by atoms with Crippen molar-refractivity contribution in [1.29, 1.82) is 0 Å². The van der Waals surface area contributed by atoms with Crippen molar-refractivity contribution in [1.82, 2.24) is 0 Å². The molecule has 10 heteroatoms. The highest BCUT2D eigenvalue weighted by atomic mass is 35.5. The van der Waals surface area contributed by atoms with E-state index in [0.717, 1.165) is 11.3 Å². The smallest absolute Gasteiger partial charge is 0.342 e. The SMILES string of the molecule is NC(=O)c1ccsc1NC(=O)COC(=O)c1ccccc1OCc1ccc(Cl)cc1Cl. The zero-order chi connectivity index (χ0) is 22.4. The highest BCUT2D eigenvalue weighted by molar-refractivity contribution is 7.14. The molecule has 0 aliphatic rings. The minimum Gasteiger partial charge on any atom is -0.488 e. The topological polar surface area (TPSA) is 108 Å². The van der Waals surface area contributed by atoms with Crippen molar-refractivity contribution in [3.05, 3.63) is 80.6 Å². The number of rotatable bonds is 8. The van der Waals surface area contributed by atoms with Gasteiger partial charge in [0.2, 0.25) is 0 Å². The first-order valence-electron chi connectivity index (χ1n) is 8.85. The Bertz CT molecular complexity index is 1130. The molecule has 0 unspecified atom stereocenters. The van der Waals surface area contributed by atoms with Gasteiger partial charge < -0.3 is 20.5 Å². The van der Waals surface area contributed by atoms with Gasteiger partial charge in [0.25, 0.3) is 11.8 Å². The molecule has 3 aromatic rings. The number of carbonyl (C=O) groups is 3. The van der Waals surface area contributed by atoms with Gasteiger partial charge in [-0.2, -0.15) is 0 Å². The molecule has 31 heavy (non-hydrogen) atoms. The predicted molar refractivity (Wildman–Crippen MR) is 119 cm³/mol. The van der Waals surface area contributed by atoms with Gasteiger partial charge >= 0.3 is 5.97 Å². The van der Waals surface area contributed by atoms with Gasteiger partial charge in [0.15, 0.2) is 6.61 Å². The van der Waals surface area contributed by atoms with E-state index in [0.29, 0.717) is 15.6 Å². The monoisotopic (exact) mass is 478 g/mol. The van der Waals surface area contributed by atoms with Crippen LogP contribution in [0.25, 0.3) is 0 Å². The molecular weight excluding hydrogens is 463 g/mol. The average Bonchev–Trinajstić information content (AvgIpc) is 3.20. The van der Waals surface area contributed by atoms with Crippen molar-refractivity contribution in [2.45, 2.75) is 6.61 Å². The maximum Gasteiger partial charge on any atom is 0.342 e. The third-order valence-electron chi connectivity index (χ3n) is 4.02. The van der Waals surface area contributed by atoms with Gasteiger partial charge in [0.1, 0.15) is 22.9 Å². The third-order valence-corrected chi connectivity index (χ3v) is 5.44. The first-order chi connectivity index (χ1) is 14.8. The molecule has 1 aromatic heterocycles. The van der Waals surface area contributed by atoms with Gasteiger partial charge in [0, 0.05) is 15.6 Å². The van der Waals surface area contributed by atoms with Crippen LogP contribution in [-0.4, -0.2) is 24.4 Å². The Kier molecular flexibility index (Phi) is 7.51. The average molecular weight is 479 g/mol. The van der Waals surface area contributed by atoms with Crippen molar-refractivity contribution < 1.29 is 23.9 Å². The fourth-order valence-corrected chi connectivity index (χ4v) is 3.80. The fraction of sp³-hybridized carbons (Fsp3) is 0.0952. The molecule has 7 nitrogen and oxygen atoms in total. The van der Waals surface area contributed by atoms with Gasteiger partial charge in [-0.25, -0.2) is 4.79 Å². The number of carbonyl (C=O) groups excluding carboxylic acids is 3. The number of halogens is 2. The van der Waals surface area contributed by atoms with Crippen LogP contribution in [0.15, 0.2) is 53.9 Å².